The van der Waals surface area contributed by atoms with Gasteiger partial charge in [0, 0.05) is 18.0 Å². The Kier molecular flexibility index (Phi) is 4.41. The van der Waals surface area contributed by atoms with E-state index in [1.807, 2.05) is 18.3 Å². The Balaban J connectivity index is 1.30. The molecule has 220 valence electrons. The van der Waals surface area contributed by atoms with Gasteiger partial charge in [0.15, 0.2) is 11.2 Å². The van der Waals surface area contributed by atoms with Gasteiger partial charge in [-0.2, -0.15) is 0 Å². The van der Waals surface area contributed by atoms with Gasteiger partial charge in [0.1, 0.15) is 11.0 Å². The van der Waals surface area contributed by atoms with Crippen LogP contribution in [0.1, 0.15) is 22.3 Å². The summed E-state index contributed by atoms with van der Waals surface area (Å²) in [6.45, 7) is 0. The predicted molar refractivity (Wildman–Crippen MR) is 193 cm³/mol. The molecular weight excluding hydrogens is 585 g/mol. The van der Waals surface area contributed by atoms with Crippen molar-refractivity contribution in [2.45, 2.75) is 5.41 Å². The molecule has 12 rings (SSSR count). The normalized spacial score (nSPS) is 14.0. The van der Waals surface area contributed by atoms with Gasteiger partial charge in [-0.15, -0.1) is 0 Å². The minimum atomic E-state index is -0.452. The topological polar surface area (TPSA) is 38.9 Å². The Morgan fingerprint density at radius 2 is 1.08 bits per heavy atom. The Hall–Kier alpha value is -6.32. The van der Waals surface area contributed by atoms with E-state index in [0.29, 0.717) is 0 Å². The van der Waals surface area contributed by atoms with Gasteiger partial charge in [-0.1, -0.05) is 109 Å². The van der Waals surface area contributed by atoms with Gasteiger partial charge in [0.05, 0.1) is 5.41 Å². The number of hydrogen-bond donors (Lipinski definition) is 0. The molecule has 0 atom stereocenters. The molecule has 0 unspecified atom stereocenters. The van der Waals surface area contributed by atoms with Crippen LogP contribution in [0.5, 0.6) is 0 Å². The third-order valence-electron chi connectivity index (χ3n) is 11.1. The molecule has 0 saturated carbocycles. The summed E-state index contributed by atoms with van der Waals surface area (Å²) in [5.41, 5.74) is 20.5. The van der Waals surface area contributed by atoms with E-state index in [1.54, 1.807) is 6.20 Å². The van der Waals surface area contributed by atoms with Gasteiger partial charge in [-0.25, -0.2) is 4.98 Å². The Bertz CT molecular complexity index is 2860. The van der Waals surface area contributed by atoms with Crippen LogP contribution in [0.25, 0.3) is 88.6 Å². The maximum Gasteiger partial charge on any atom is 0.156 e. The van der Waals surface area contributed by atoms with Crippen LogP contribution in [0, 0.1) is 0 Å². The molecular formula is C45H24N2O. The zero-order valence-corrected chi connectivity index (χ0v) is 25.7. The fraction of sp³-hybridized carbons (Fsp3) is 0.0222. The fourth-order valence-corrected chi connectivity index (χ4v) is 9.41. The van der Waals surface area contributed by atoms with Gasteiger partial charge in [0.2, 0.25) is 0 Å². The molecule has 0 bridgehead atoms. The first-order chi connectivity index (χ1) is 23.8. The van der Waals surface area contributed by atoms with Gasteiger partial charge >= 0.3 is 0 Å². The molecule has 0 aliphatic heterocycles. The lowest BCUT2D eigenvalue weighted by Gasteiger charge is -2.31. The van der Waals surface area contributed by atoms with Crippen molar-refractivity contribution in [1.82, 2.24) is 9.97 Å². The highest BCUT2D eigenvalue weighted by molar-refractivity contribution is 6.21. The molecule has 3 aliphatic carbocycles. The highest BCUT2D eigenvalue weighted by Crippen LogP contribution is 2.67. The van der Waals surface area contributed by atoms with E-state index >= 15 is 0 Å². The van der Waals surface area contributed by atoms with Crippen LogP contribution in [-0.2, 0) is 5.41 Å². The van der Waals surface area contributed by atoms with Gasteiger partial charge in [-0.05, 0) is 107 Å². The van der Waals surface area contributed by atoms with E-state index in [4.69, 9.17) is 9.40 Å². The second-order valence-electron chi connectivity index (χ2n) is 13.2. The summed E-state index contributed by atoms with van der Waals surface area (Å²) in [5.74, 6) is 0. The number of pyridine rings is 2. The van der Waals surface area contributed by atoms with Crippen molar-refractivity contribution in [3.63, 3.8) is 0 Å². The van der Waals surface area contributed by atoms with Gasteiger partial charge in [-0.3, -0.25) is 4.98 Å². The van der Waals surface area contributed by atoms with Crippen molar-refractivity contribution < 1.29 is 4.42 Å². The van der Waals surface area contributed by atoms with E-state index in [9.17, 15) is 0 Å². The molecule has 0 saturated heterocycles. The summed E-state index contributed by atoms with van der Waals surface area (Å²) in [4.78, 5) is 9.66. The molecule has 0 fully saturated rings. The lowest BCUT2D eigenvalue weighted by atomic mass is 9.69. The van der Waals surface area contributed by atoms with Crippen molar-refractivity contribution >= 4 is 33.0 Å². The first-order valence-corrected chi connectivity index (χ1v) is 16.5. The maximum absolute atomic E-state index is 6.40. The highest BCUT2D eigenvalue weighted by Gasteiger charge is 2.53. The minimum absolute atomic E-state index is 0.452. The van der Waals surface area contributed by atoms with E-state index in [2.05, 4.69) is 126 Å². The zero-order valence-electron chi connectivity index (χ0n) is 25.7. The first-order valence-electron chi connectivity index (χ1n) is 16.5. The maximum atomic E-state index is 6.40. The molecule has 0 N–H and O–H groups in total. The van der Waals surface area contributed by atoms with Gasteiger partial charge in [0.25, 0.3) is 0 Å². The summed E-state index contributed by atoms with van der Waals surface area (Å²) < 4.78 is 6.40. The molecule has 3 aromatic heterocycles. The second-order valence-corrected chi connectivity index (χ2v) is 13.2. The third-order valence-corrected chi connectivity index (χ3v) is 11.1. The quantitative estimate of drug-likeness (QED) is 0.186. The monoisotopic (exact) mass is 608 g/mol. The van der Waals surface area contributed by atoms with E-state index in [1.165, 1.54) is 83.1 Å². The predicted octanol–water partition coefficient (Wildman–Crippen LogP) is 11.2. The molecule has 3 nitrogen and oxygen atoms in total. The summed E-state index contributed by atoms with van der Waals surface area (Å²) in [6.07, 6.45) is 3.84. The van der Waals surface area contributed by atoms with Crippen molar-refractivity contribution in [2.75, 3.05) is 0 Å². The molecule has 3 heteroatoms. The molecule has 0 amide bonds. The van der Waals surface area contributed by atoms with Crippen molar-refractivity contribution in [1.29, 1.82) is 0 Å². The SMILES string of the molecule is c1ccc2c(c1)-c1ccccc1C21c2ccccc2-c2c1cc1c(c2-c2cnc3c(c2)oc2cccnc23)-c2cccc3cccc-1c23. The lowest BCUT2D eigenvalue weighted by Crippen LogP contribution is -2.26. The first kappa shape index (κ1) is 24.9. The summed E-state index contributed by atoms with van der Waals surface area (Å²) in [6, 6.07) is 49.1. The number of furan rings is 1. The molecule has 6 aromatic carbocycles. The Morgan fingerprint density at radius 3 is 1.85 bits per heavy atom. The van der Waals surface area contributed by atoms with Crippen LogP contribution >= 0.6 is 0 Å². The van der Waals surface area contributed by atoms with E-state index in [-0.39, 0.29) is 0 Å². The van der Waals surface area contributed by atoms with Crippen molar-refractivity contribution in [3.8, 4) is 55.6 Å². The number of rotatable bonds is 1. The number of aromatic nitrogens is 2. The smallest absolute Gasteiger partial charge is 0.156 e. The molecule has 1 spiro atoms. The number of hydrogen-bond acceptors (Lipinski definition) is 3. The van der Waals surface area contributed by atoms with Crippen LogP contribution in [0.2, 0.25) is 0 Å². The van der Waals surface area contributed by atoms with Crippen LogP contribution in [0.15, 0.2) is 150 Å². The summed E-state index contributed by atoms with van der Waals surface area (Å²) in [7, 11) is 0. The molecule has 3 aliphatic rings. The Labute approximate surface area is 275 Å². The zero-order chi connectivity index (χ0) is 31.1. The van der Waals surface area contributed by atoms with Crippen LogP contribution in [0.4, 0.5) is 0 Å². The van der Waals surface area contributed by atoms with Crippen LogP contribution in [-0.4, -0.2) is 9.97 Å². The molecule has 0 radical (unpaired) electrons. The second kappa shape index (κ2) is 8.52. The average molecular weight is 609 g/mol. The molecule has 9 aromatic rings. The van der Waals surface area contributed by atoms with E-state index < -0.39 is 5.41 Å². The third kappa shape index (κ3) is 2.76. The van der Waals surface area contributed by atoms with Crippen LogP contribution in [0.3, 0.4) is 0 Å². The van der Waals surface area contributed by atoms with E-state index in [0.717, 1.165) is 27.8 Å². The number of fused-ring (bicyclic) bond motifs is 16. The summed E-state index contributed by atoms with van der Waals surface area (Å²) >= 11 is 0. The molecule has 48 heavy (non-hydrogen) atoms. The van der Waals surface area contributed by atoms with Crippen molar-refractivity contribution in [3.05, 3.63) is 168 Å². The van der Waals surface area contributed by atoms with Gasteiger partial charge < -0.3 is 4.42 Å². The number of nitrogens with zero attached hydrogens (tertiary/aromatic N) is 2. The van der Waals surface area contributed by atoms with Crippen molar-refractivity contribution in [2.24, 2.45) is 0 Å². The summed E-state index contributed by atoms with van der Waals surface area (Å²) in [5, 5.41) is 2.58. The average Bonchev–Trinajstić information content (AvgIpc) is 3.85. The minimum Gasteiger partial charge on any atom is -0.453 e. The number of benzene rings is 6. The van der Waals surface area contributed by atoms with Crippen LogP contribution < -0.4 is 0 Å². The fourth-order valence-electron chi connectivity index (χ4n) is 9.41. The largest absolute Gasteiger partial charge is 0.453 e. The molecule has 3 heterocycles. The highest BCUT2D eigenvalue weighted by atomic mass is 16.3. The standard InChI is InChI=1S/C45H24N2O/c1-4-17-33-27(12-1)28-13-2-5-18-34(28)45(33)35-19-6-3-14-30(35)42-36(45)23-32-29-15-7-10-25-11-8-16-31(39(25)29)41(32)40(42)26-22-38-44(47-24-26)43-37(48-38)20-9-21-46-43/h1-24H. The Morgan fingerprint density at radius 1 is 0.438 bits per heavy atom. The lowest BCUT2D eigenvalue weighted by molar-refractivity contribution is 0.667.